The molecule has 0 fully saturated rings. The van der Waals surface area contributed by atoms with E-state index in [1.165, 1.54) is 0 Å². The van der Waals surface area contributed by atoms with E-state index >= 15 is 0 Å². The molecule has 0 radical (unpaired) electrons. The second kappa shape index (κ2) is 3.29. The largest absolute Gasteiger partial charge is 0.497 e. The number of nitrogens with zero attached hydrogens (tertiary/aromatic N) is 3. The minimum atomic E-state index is 0.422. The van der Waals surface area contributed by atoms with Gasteiger partial charge in [0.2, 0.25) is 0 Å². The van der Waals surface area contributed by atoms with Gasteiger partial charge in [-0.25, -0.2) is 4.98 Å². The smallest absolute Gasteiger partial charge is 0.357 e. The highest BCUT2D eigenvalue weighted by Gasteiger charge is 2.04. The van der Waals surface area contributed by atoms with Crippen LogP contribution < -0.4 is 5.49 Å². The van der Waals surface area contributed by atoms with Crippen LogP contribution in [0.25, 0.3) is 27.3 Å². The number of nitrogens with one attached hydrogen (secondary N) is 1. The molecule has 4 heteroatoms. The van der Waals surface area contributed by atoms with Gasteiger partial charge in [-0.1, -0.05) is 12.1 Å². The highest BCUT2D eigenvalue weighted by atomic mass is 14.9. The van der Waals surface area contributed by atoms with Crippen LogP contribution in [0.1, 0.15) is 0 Å². The zero-order valence-electron chi connectivity index (χ0n) is 8.38. The number of hydrogen-bond acceptors (Lipinski definition) is 1. The second-order valence-electron chi connectivity index (χ2n) is 3.55. The van der Waals surface area contributed by atoms with Crippen molar-refractivity contribution in [2.45, 2.75) is 0 Å². The Hall–Kier alpha value is -2.45. The van der Waals surface area contributed by atoms with Crippen molar-refractivity contribution in [2.24, 2.45) is 0 Å². The fraction of sp³-hybridized carbons (Fsp3) is 0. The van der Waals surface area contributed by atoms with Gasteiger partial charge < -0.3 is 10.3 Å². The van der Waals surface area contributed by atoms with E-state index in [4.69, 9.17) is 5.53 Å². The summed E-state index contributed by atoms with van der Waals surface area (Å²) >= 11 is 0. The Morgan fingerprint density at radius 2 is 1.88 bits per heavy atom. The third-order valence-corrected chi connectivity index (χ3v) is 2.59. The normalized spacial score (nSPS) is 10.5. The molecule has 2 aromatic heterocycles. The van der Waals surface area contributed by atoms with Gasteiger partial charge in [0.1, 0.15) is 5.52 Å². The van der Waals surface area contributed by atoms with Gasteiger partial charge in [0.05, 0.1) is 0 Å². The van der Waals surface area contributed by atoms with Crippen LogP contribution in [0.2, 0.25) is 0 Å². The van der Waals surface area contributed by atoms with Crippen molar-refractivity contribution in [2.75, 3.05) is 0 Å². The minimum absolute atomic E-state index is 0.422. The molecular weight excluding hydrogens is 200 g/mol. The zero-order chi connectivity index (χ0) is 11.0. The van der Waals surface area contributed by atoms with E-state index in [9.17, 15) is 0 Å². The standard InChI is InChI=1S/C12H8N4/c13-16-10-6-5-9-4-3-8-2-1-7-14-11(8)12(9)15-10/h1-7,15H. The lowest BCUT2D eigenvalue weighted by Gasteiger charge is -1.98. The second-order valence-corrected chi connectivity index (χ2v) is 3.55. The molecule has 0 bridgehead atoms. The molecule has 0 aliphatic heterocycles. The van der Waals surface area contributed by atoms with E-state index in [-0.39, 0.29) is 0 Å². The molecule has 0 spiro atoms. The number of fused-ring (bicyclic) bond motifs is 3. The lowest BCUT2D eigenvalue weighted by molar-refractivity contribution is -0.0714. The van der Waals surface area contributed by atoms with Crippen molar-refractivity contribution < 1.29 is 4.79 Å². The van der Waals surface area contributed by atoms with Gasteiger partial charge in [0.15, 0.2) is 5.52 Å². The molecular formula is C12H8N4. The fourth-order valence-electron chi connectivity index (χ4n) is 1.83. The molecule has 0 unspecified atom stereocenters. The lowest BCUT2D eigenvalue weighted by Crippen LogP contribution is -2.07. The van der Waals surface area contributed by atoms with Crippen LogP contribution in [-0.2, 0) is 0 Å². The Morgan fingerprint density at radius 3 is 2.75 bits per heavy atom. The van der Waals surface area contributed by atoms with Crippen molar-refractivity contribution in [3.8, 4) is 0 Å². The lowest BCUT2D eigenvalue weighted by atomic mass is 10.1. The maximum Gasteiger partial charge on any atom is 0.357 e. The predicted molar refractivity (Wildman–Crippen MR) is 60.4 cm³/mol. The highest BCUT2D eigenvalue weighted by molar-refractivity contribution is 6.02. The molecule has 1 N–H and O–H groups in total. The molecule has 0 amide bonds. The molecule has 0 atom stereocenters. The van der Waals surface area contributed by atoms with Gasteiger partial charge in [-0.05, 0) is 18.2 Å². The van der Waals surface area contributed by atoms with Crippen LogP contribution in [0.4, 0.5) is 0 Å². The minimum Gasteiger partial charge on any atom is -0.497 e. The number of rotatable bonds is 0. The molecule has 0 aliphatic carbocycles. The summed E-state index contributed by atoms with van der Waals surface area (Å²) in [7, 11) is 0. The average molecular weight is 208 g/mol. The molecule has 3 rings (SSSR count). The van der Waals surface area contributed by atoms with Crippen molar-refractivity contribution in [1.29, 1.82) is 0 Å². The average Bonchev–Trinajstić information content (AvgIpc) is 2.38. The Balaban J connectivity index is 2.62. The van der Waals surface area contributed by atoms with Crippen LogP contribution in [0.3, 0.4) is 0 Å². The van der Waals surface area contributed by atoms with E-state index in [2.05, 4.69) is 14.8 Å². The Morgan fingerprint density at radius 1 is 1.06 bits per heavy atom. The SMILES string of the molecule is [N-]=[N+]=c1ccc2ccc3cccnc3c2[nH]1. The van der Waals surface area contributed by atoms with Crippen molar-refractivity contribution in [1.82, 2.24) is 9.97 Å². The van der Waals surface area contributed by atoms with Crippen molar-refractivity contribution in [3.63, 3.8) is 0 Å². The van der Waals surface area contributed by atoms with Crippen molar-refractivity contribution >= 4 is 21.8 Å². The summed E-state index contributed by atoms with van der Waals surface area (Å²) in [6.45, 7) is 0. The summed E-state index contributed by atoms with van der Waals surface area (Å²) in [6, 6.07) is 11.5. The number of pyridine rings is 2. The monoisotopic (exact) mass is 208 g/mol. The Labute approximate surface area is 90.8 Å². The van der Waals surface area contributed by atoms with Crippen molar-refractivity contribution in [3.05, 3.63) is 53.6 Å². The number of aromatic nitrogens is 2. The summed E-state index contributed by atoms with van der Waals surface area (Å²) in [4.78, 5) is 10.5. The Bertz CT molecular complexity index is 766. The van der Waals surface area contributed by atoms with Gasteiger partial charge in [-0.15, -0.1) is 0 Å². The van der Waals surface area contributed by atoms with E-state index in [1.54, 1.807) is 12.3 Å². The first-order valence-electron chi connectivity index (χ1n) is 4.93. The summed E-state index contributed by atoms with van der Waals surface area (Å²) in [5.74, 6) is 0. The van der Waals surface area contributed by atoms with Crippen LogP contribution in [0.15, 0.2) is 42.6 Å². The molecule has 3 aromatic rings. The van der Waals surface area contributed by atoms with Gasteiger partial charge in [0, 0.05) is 23.0 Å². The number of hydrogen-bond donors (Lipinski definition) is 1. The molecule has 2 heterocycles. The highest BCUT2D eigenvalue weighted by Crippen LogP contribution is 2.19. The number of aromatic amines is 1. The van der Waals surface area contributed by atoms with E-state index in [0.29, 0.717) is 5.49 Å². The summed E-state index contributed by atoms with van der Waals surface area (Å²) in [5, 5.41) is 2.10. The van der Waals surface area contributed by atoms with Crippen LogP contribution in [0.5, 0.6) is 0 Å². The van der Waals surface area contributed by atoms with Crippen LogP contribution in [0, 0.1) is 0 Å². The van der Waals surface area contributed by atoms with Crippen LogP contribution >= 0.6 is 0 Å². The summed E-state index contributed by atoms with van der Waals surface area (Å²) in [6.07, 6.45) is 1.75. The topological polar surface area (TPSA) is 65.1 Å². The van der Waals surface area contributed by atoms with Gasteiger partial charge in [-0.3, -0.25) is 4.98 Å². The fourth-order valence-corrected chi connectivity index (χ4v) is 1.83. The van der Waals surface area contributed by atoms with Gasteiger partial charge >= 0.3 is 5.49 Å². The third kappa shape index (κ3) is 1.21. The molecule has 0 aliphatic rings. The third-order valence-electron chi connectivity index (χ3n) is 2.59. The Kier molecular flexibility index (Phi) is 1.82. The first-order chi connectivity index (χ1) is 7.88. The molecule has 0 saturated carbocycles. The van der Waals surface area contributed by atoms with E-state index < -0.39 is 0 Å². The maximum absolute atomic E-state index is 8.74. The van der Waals surface area contributed by atoms with E-state index in [1.807, 2.05) is 30.3 Å². The van der Waals surface area contributed by atoms with E-state index in [0.717, 1.165) is 21.8 Å². The first kappa shape index (κ1) is 8.83. The predicted octanol–water partition coefficient (Wildman–Crippen LogP) is 1.85. The summed E-state index contributed by atoms with van der Waals surface area (Å²) < 4.78 is 0. The zero-order valence-corrected chi connectivity index (χ0v) is 8.38. The maximum atomic E-state index is 8.74. The quantitative estimate of drug-likeness (QED) is 0.342. The van der Waals surface area contributed by atoms with Gasteiger partial charge in [0.25, 0.3) is 0 Å². The molecule has 76 valence electrons. The van der Waals surface area contributed by atoms with Gasteiger partial charge in [-0.2, -0.15) is 0 Å². The number of H-pyrrole nitrogens is 1. The molecule has 16 heavy (non-hydrogen) atoms. The molecule has 4 nitrogen and oxygen atoms in total. The first-order valence-corrected chi connectivity index (χ1v) is 4.93. The van der Waals surface area contributed by atoms with Crippen LogP contribution in [-0.4, -0.2) is 14.8 Å². The molecule has 1 aromatic carbocycles. The summed E-state index contributed by atoms with van der Waals surface area (Å²) in [5.41, 5.74) is 10.9. The number of benzene rings is 1. The molecule has 0 saturated heterocycles.